The minimum Gasteiger partial charge on any atom is -0.394 e. The second kappa shape index (κ2) is 9.50. The lowest BCUT2D eigenvalue weighted by atomic mass is 9.62. The van der Waals surface area contributed by atoms with Gasteiger partial charge in [0.05, 0.1) is 30.1 Å². The lowest BCUT2D eigenvalue weighted by Crippen LogP contribution is -2.56. The molecule has 3 aliphatic rings. The molecule has 3 aliphatic heterocycles. The molecule has 0 saturated carbocycles. The minimum absolute atomic E-state index is 0.0665. The Hall–Kier alpha value is -3.23. The summed E-state index contributed by atoms with van der Waals surface area (Å²) in [4.78, 5) is 43.6. The van der Waals surface area contributed by atoms with E-state index in [9.17, 15) is 19.5 Å². The molecule has 5 rings (SSSR count). The van der Waals surface area contributed by atoms with Crippen molar-refractivity contribution in [2.75, 3.05) is 17.2 Å². The van der Waals surface area contributed by atoms with E-state index >= 15 is 0 Å². The van der Waals surface area contributed by atoms with E-state index < -0.39 is 35.1 Å². The number of anilines is 2. The number of aryl methyl sites for hydroxylation is 2. The van der Waals surface area contributed by atoms with Crippen LogP contribution in [0.3, 0.4) is 0 Å². The van der Waals surface area contributed by atoms with E-state index in [1.165, 1.54) is 4.90 Å². The number of carbonyl (C=O) groups is 3. The van der Waals surface area contributed by atoms with Crippen molar-refractivity contribution >= 4 is 29.1 Å². The maximum absolute atomic E-state index is 14.2. The summed E-state index contributed by atoms with van der Waals surface area (Å²) >= 11 is 0. The van der Waals surface area contributed by atoms with E-state index in [4.69, 9.17) is 4.74 Å². The number of rotatable bonds is 7. The molecule has 2 aromatic rings. The Labute approximate surface area is 223 Å². The number of nitrogens with one attached hydrogen (secondary N) is 2. The fourth-order valence-electron chi connectivity index (χ4n) is 7.00. The number of hydrogen-bond donors (Lipinski definition) is 3. The van der Waals surface area contributed by atoms with Crippen molar-refractivity contribution in [2.45, 2.75) is 70.7 Å². The number of benzene rings is 2. The molecule has 202 valence electrons. The van der Waals surface area contributed by atoms with Gasteiger partial charge in [0.1, 0.15) is 11.6 Å². The summed E-state index contributed by atoms with van der Waals surface area (Å²) in [5.74, 6) is -2.64. The van der Waals surface area contributed by atoms with Gasteiger partial charge in [-0.1, -0.05) is 44.2 Å². The number of hydrogen-bond acceptors (Lipinski definition) is 5. The molecule has 8 heteroatoms. The molecule has 3 N–H and O–H groups in total. The number of para-hydroxylation sites is 1. The quantitative estimate of drug-likeness (QED) is 0.518. The molecule has 3 fully saturated rings. The zero-order valence-corrected chi connectivity index (χ0v) is 22.7. The van der Waals surface area contributed by atoms with E-state index in [1.807, 2.05) is 71.0 Å². The van der Waals surface area contributed by atoms with Crippen molar-refractivity contribution < 1.29 is 24.2 Å². The largest absolute Gasteiger partial charge is 0.394 e. The molecule has 2 aromatic carbocycles. The zero-order chi connectivity index (χ0) is 27.4. The van der Waals surface area contributed by atoms with Crippen LogP contribution in [-0.4, -0.2) is 57.6 Å². The number of nitrogens with zero attached hydrogens (tertiary/aromatic N) is 1. The van der Waals surface area contributed by atoms with Crippen molar-refractivity contribution in [2.24, 2.45) is 17.8 Å². The SMILES string of the molecule is CC[C@@H](CO)N1C(=O)[C@@H]2[C@@H](C(=O)Nc3ccccc3)[C@]3(C)OC2(CC3C)C1C(=O)Nc1cc(C)ccc1C. The molecule has 3 heterocycles. The maximum Gasteiger partial charge on any atom is 0.250 e. The Bertz CT molecular complexity index is 1260. The number of fused-ring (bicyclic) bond motifs is 1. The highest BCUT2D eigenvalue weighted by molar-refractivity contribution is 6.05. The van der Waals surface area contributed by atoms with E-state index in [-0.39, 0.29) is 30.2 Å². The Balaban J connectivity index is 1.57. The van der Waals surface area contributed by atoms with Crippen LogP contribution in [0, 0.1) is 31.6 Å². The molecule has 38 heavy (non-hydrogen) atoms. The highest BCUT2D eigenvalue weighted by atomic mass is 16.5. The standard InChI is InChI=1S/C30H37N3O5/c1-6-21(16-34)33-25(27(36)32-22-14-17(2)12-13-18(22)3)30-15-19(4)29(5,38-30)23(24(30)28(33)37)26(35)31-20-10-8-7-9-11-20/h7-14,19,21,23-25,34H,6,15-16H2,1-5H3,(H,31,35)(H,32,36)/t19?,21-,23-,24-,25?,29+,30?/m0/s1. The summed E-state index contributed by atoms with van der Waals surface area (Å²) in [6.45, 7) is 9.37. The van der Waals surface area contributed by atoms with Gasteiger partial charge < -0.3 is 25.4 Å². The van der Waals surface area contributed by atoms with Gasteiger partial charge in [-0.15, -0.1) is 0 Å². The van der Waals surface area contributed by atoms with Crippen LogP contribution in [0.5, 0.6) is 0 Å². The van der Waals surface area contributed by atoms with Crippen LogP contribution in [0.25, 0.3) is 0 Å². The number of ether oxygens (including phenoxy) is 1. The van der Waals surface area contributed by atoms with Gasteiger partial charge >= 0.3 is 0 Å². The van der Waals surface area contributed by atoms with Crippen LogP contribution in [0.4, 0.5) is 11.4 Å². The van der Waals surface area contributed by atoms with Gasteiger partial charge in [0, 0.05) is 11.4 Å². The molecule has 3 unspecified atom stereocenters. The van der Waals surface area contributed by atoms with Crippen molar-refractivity contribution in [3.05, 3.63) is 59.7 Å². The predicted octanol–water partition coefficient (Wildman–Crippen LogP) is 3.66. The van der Waals surface area contributed by atoms with Gasteiger partial charge in [-0.2, -0.15) is 0 Å². The highest BCUT2D eigenvalue weighted by Gasteiger charge is 2.80. The van der Waals surface area contributed by atoms with E-state index in [1.54, 1.807) is 12.1 Å². The van der Waals surface area contributed by atoms with Crippen LogP contribution in [0.1, 0.15) is 44.7 Å². The second-order valence-electron chi connectivity index (χ2n) is 11.4. The van der Waals surface area contributed by atoms with Gasteiger partial charge in [0.15, 0.2) is 0 Å². The average Bonchev–Trinajstić information content (AvgIpc) is 3.40. The number of aliphatic hydroxyl groups excluding tert-OH is 1. The molecule has 0 aliphatic carbocycles. The summed E-state index contributed by atoms with van der Waals surface area (Å²) in [6.07, 6.45) is 0.935. The average molecular weight is 520 g/mol. The van der Waals surface area contributed by atoms with Crippen molar-refractivity contribution in [3.8, 4) is 0 Å². The number of amides is 3. The summed E-state index contributed by atoms with van der Waals surface area (Å²) in [7, 11) is 0. The molecular formula is C30H37N3O5. The molecule has 3 saturated heterocycles. The maximum atomic E-state index is 14.2. The van der Waals surface area contributed by atoms with Gasteiger partial charge in [0.2, 0.25) is 17.7 Å². The molecule has 7 atom stereocenters. The molecule has 0 radical (unpaired) electrons. The van der Waals surface area contributed by atoms with Crippen LogP contribution < -0.4 is 10.6 Å². The fraction of sp³-hybridized carbons (Fsp3) is 0.500. The molecule has 1 spiro atoms. The number of aliphatic hydroxyl groups is 1. The Morgan fingerprint density at radius 1 is 1.13 bits per heavy atom. The Morgan fingerprint density at radius 3 is 2.50 bits per heavy atom. The van der Waals surface area contributed by atoms with Crippen LogP contribution in [0.15, 0.2) is 48.5 Å². The van der Waals surface area contributed by atoms with E-state index in [2.05, 4.69) is 10.6 Å². The molecule has 3 amide bonds. The lowest BCUT2D eigenvalue weighted by Gasteiger charge is -2.36. The normalized spacial score (nSPS) is 32.3. The van der Waals surface area contributed by atoms with Crippen molar-refractivity contribution in [1.29, 1.82) is 0 Å². The number of carbonyl (C=O) groups excluding carboxylic acids is 3. The lowest BCUT2D eigenvalue weighted by molar-refractivity contribution is -0.148. The summed E-state index contributed by atoms with van der Waals surface area (Å²) in [5, 5.41) is 16.3. The summed E-state index contributed by atoms with van der Waals surface area (Å²) < 4.78 is 6.75. The van der Waals surface area contributed by atoms with Crippen LogP contribution in [0.2, 0.25) is 0 Å². The monoisotopic (exact) mass is 519 g/mol. The molecule has 0 aromatic heterocycles. The molecule has 8 nitrogen and oxygen atoms in total. The third-order valence-electron chi connectivity index (χ3n) is 9.05. The third kappa shape index (κ3) is 3.84. The first-order valence-corrected chi connectivity index (χ1v) is 13.4. The topological polar surface area (TPSA) is 108 Å². The highest BCUT2D eigenvalue weighted by Crippen LogP contribution is 2.65. The first kappa shape index (κ1) is 26.4. The smallest absolute Gasteiger partial charge is 0.250 e. The predicted molar refractivity (Wildman–Crippen MR) is 144 cm³/mol. The van der Waals surface area contributed by atoms with Crippen molar-refractivity contribution in [3.63, 3.8) is 0 Å². The first-order chi connectivity index (χ1) is 18.1. The van der Waals surface area contributed by atoms with Gasteiger partial charge in [-0.25, -0.2) is 0 Å². The van der Waals surface area contributed by atoms with Gasteiger partial charge in [0.25, 0.3) is 0 Å². The van der Waals surface area contributed by atoms with Gasteiger partial charge in [-0.3, -0.25) is 14.4 Å². The summed E-state index contributed by atoms with van der Waals surface area (Å²) in [6, 6.07) is 13.4. The Morgan fingerprint density at radius 2 is 1.84 bits per heavy atom. The second-order valence-corrected chi connectivity index (χ2v) is 11.4. The third-order valence-corrected chi connectivity index (χ3v) is 9.05. The number of likely N-dealkylation sites (tertiary alicyclic amines) is 1. The zero-order valence-electron chi connectivity index (χ0n) is 22.7. The minimum atomic E-state index is -1.17. The Kier molecular flexibility index (Phi) is 6.60. The van der Waals surface area contributed by atoms with E-state index in [0.717, 1.165) is 11.1 Å². The fourth-order valence-corrected chi connectivity index (χ4v) is 7.00. The summed E-state index contributed by atoms with van der Waals surface area (Å²) in [5.41, 5.74) is 1.13. The van der Waals surface area contributed by atoms with Gasteiger partial charge in [-0.05, 0) is 68.9 Å². The molecule has 2 bridgehead atoms. The van der Waals surface area contributed by atoms with Crippen LogP contribution >= 0.6 is 0 Å². The molecular weight excluding hydrogens is 482 g/mol. The van der Waals surface area contributed by atoms with E-state index in [0.29, 0.717) is 24.2 Å². The van der Waals surface area contributed by atoms with Crippen LogP contribution in [-0.2, 0) is 19.1 Å². The first-order valence-electron chi connectivity index (χ1n) is 13.4. The van der Waals surface area contributed by atoms with Crippen molar-refractivity contribution in [1.82, 2.24) is 4.90 Å².